The average molecular weight is 476 g/mol. The minimum Gasteiger partial charge on any atom is -0.497 e. The first-order chi connectivity index (χ1) is 16.3. The summed E-state index contributed by atoms with van der Waals surface area (Å²) in [5.41, 5.74) is 3.22. The molecule has 1 aliphatic rings. The lowest BCUT2D eigenvalue weighted by molar-refractivity contribution is 0.0970. The molecule has 5 rings (SSSR count). The van der Waals surface area contributed by atoms with E-state index in [0.717, 1.165) is 28.1 Å². The molecule has 0 fully saturated rings. The van der Waals surface area contributed by atoms with Gasteiger partial charge in [-0.2, -0.15) is 0 Å². The van der Waals surface area contributed by atoms with Gasteiger partial charge in [0.05, 0.1) is 24.1 Å². The molecule has 0 aliphatic carbocycles. The summed E-state index contributed by atoms with van der Waals surface area (Å²) in [7, 11) is 1.58. The van der Waals surface area contributed by atoms with Gasteiger partial charge in [-0.15, -0.1) is 10.2 Å². The van der Waals surface area contributed by atoms with Crippen LogP contribution in [0.25, 0.3) is 11.0 Å². The number of aromatic nitrogens is 2. The van der Waals surface area contributed by atoms with Crippen LogP contribution in [0, 0.1) is 19.8 Å². The quantitative estimate of drug-likeness (QED) is 0.393. The van der Waals surface area contributed by atoms with Crippen LogP contribution in [0.4, 0.5) is 5.13 Å². The topological polar surface area (TPSA) is 85.5 Å². The van der Waals surface area contributed by atoms with Crippen LogP contribution in [0.1, 0.15) is 57.7 Å². The molecule has 0 spiro atoms. The van der Waals surface area contributed by atoms with Gasteiger partial charge < -0.3 is 9.15 Å². The number of fused-ring (bicyclic) bond motifs is 2. The van der Waals surface area contributed by atoms with E-state index in [1.165, 1.54) is 16.2 Å². The molecule has 0 bridgehead atoms. The Morgan fingerprint density at radius 3 is 2.62 bits per heavy atom. The number of carbonyl (C=O) groups excluding carboxylic acids is 1. The van der Waals surface area contributed by atoms with Crippen molar-refractivity contribution in [1.29, 1.82) is 0 Å². The predicted octanol–water partition coefficient (Wildman–Crippen LogP) is 5.22. The number of nitrogens with zero attached hydrogens (tertiary/aromatic N) is 3. The molecule has 2 aromatic heterocycles. The predicted molar refractivity (Wildman–Crippen MR) is 132 cm³/mol. The number of carbonyl (C=O) groups is 1. The lowest BCUT2D eigenvalue weighted by atomic mass is 9.97. The van der Waals surface area contributed by atoms with E-state index in [2.05, 4.69) is 24.0 Å². The molecule has 0 saturated carbocycles. The van der Waals surface area contributed by atoms with Gasteiger partial charge in [-0.25, -0.2) is 0 Å². The van der Waals surface area contributed by atoms with E-state index in [-0.39, 0.29) is 11.2 Å². The summed E-state index contributed by atoms with van der Waals surface area (Å²) in [4.78, 5) is 29.0. The van der Waals surface area contributed by atoms with Crippen LogP contribution in [0.5, 0.6) is 5.75 Å². The highest BCUT2D eigenvalue weighted by Crippen LogP contribution is 2.43. The minimum absolute atomic E-state index is 0.0502. The second kappa shape index (κ2) is 8.36. The normalized spacial score (nSPS) is 15.4. The van der Waals surface area contributed by atoms with E-state index in [1.54, 1.807) is 7.11 Å². The van der Waals surface area contributed by atoms with Gasteiger partial charge in [0.25, 0.3) is 5.91 Å². The highest BCUT2D eigenvalue weighted by molar-refractivity contribution is 7.15. The fraction of sp³-hybridized carbons (Fsp3) is 0.308. The van der Waals surface area contributed by atoms with Crippen molar-refractivity contribution in [2.24, 2.45) is 5.92 Å². The van der Waals surface area contributed by atoms with E-state index in [4.69, 9.17) is 9.15 Å². The number of ether oxygens (including phenoxy) is 1. The van der Waals surface area contributed by atoms with Crippen molar-refractivity contribution < 1.29 is 13.9 Å². The molecule has 0 N–H and O–H groups in total. The van der Waals surface area contributed by atoms with E-state index in [1.807, 2.05) is 50.2 Å². The number of amides is 1. The van der Waals surface area contributed by atoms with Gasteiger partial charge in [0.2, 0.25) is 10.9 Å². The maximum atomic E-state index is 13.8. The fourth-order valence-electron chi connectivity index (χ4n) is 4.33. The first-order valence-electron chi connectivity index (χ1n) is 11.2. The van der Waals surface area contributed by atoms with Crippen molar-refractivity contribution in [2.75, 3.05) is 12.0 Å². The van der Waals surface area contributed by atoms with Crippen LogP contribution in [0.3, 0.4) is 0 Å². The third-order valence-electron chi connectivity index (χ3n) is 6.14. The number of anilines is 1. The monoisotopic (exact) mass is 475 g/mol. The van der Waals surface area contributed by atoms with Crippen molar-refractivity contribution in [3.63, 3.8) is 0 Å². The van der Waals surface area contributed by atoms with Gasteiger partial charge in [0, 0.05) is 6.42 Å². The van der Waals surface area contributed by atoms with Crippen molar-refractivity contribution in [1.82, 2.24) is 10.2 Å². The maximum absolute atomic E-state index is 13.8. The summed E-state index contributed by atoms with van der Waals surface area (Å²) in [5, 5.41) is 10.4. The Labute approximate surface area is 201 Å². The molecule has 0 radical (unpaired) electrons. The zero-order chi connectivity index (χ0) is 24.1. The van der Waals surface area contributed by atoms with E-state index >= 15 is 0 Å². The Morgan fingerprint density at radius 2 is 1.88 bits per heavy atom. The van der Waals surface area contributed by atoms with Gasteiger partial charge >= 0.3 is 0 Å². The number of benzene rings is 2. The second-order valence-electron chi connectivity index (χ2n) is 9.04. The fourth-order valence-corrected chi connectivity index (χ4v) is 5.40. The SMILES string of the molecule is COc1cccc([C@@H]2c3c(oc4cc(C)c(C)cc4c3=O)C(=O)N2c2nnc(CC(C)C)s2)c1. The molecule has 0 saturated heterocycles. The molecular formula is C26H25N3O4S. The molecule has 7 nitrogen and oxygen atoms in total. The van der Waals surface area contributed by atoms with Crippen LogP contribution in [0.15, 0.2) is 45.6 Å². The van der Waals surface area contributed by atoms with Crippen molar-refractivity contribution in [3.05, 3.63) is 79.6 Å². The standard InChI is InChI=1S/C26H25N3O4S/c1-13(2)9-20-27-28-26(34-20)29-22(16-7-6-8-17(12-16)32-5)21-23(30)18-10-14(3)15(4)11-19(18)33-24(21)25(29)31/h6-8,10-13,22H,9H2,1-5H3/t22-/m1/s1. The van der Waals surface area contributed by atoms with Gasteiger partial charge in [0.1, 0.15) is 16.3 Å². The maximum Gasteiger partial charge on any atom is 0.297 e. The Bertz CT molecular complexity index is 1490. The van der Waals surface area contributed by atoms with Crippen LogP contribution in [-0.4, -0.2) is 23.2 Å². The van der Waals surface area contributed by atoms with Crippen LogP contribution >= 0.6 is 11.3 Å². The van der Waals surface area contributed by atoms with Crippen LogP contribution < -0.4 is 15.1 Å². The molecule has 174 valence electrons. The number of hydrogen-bond acceptors (Lipinski definition) is 7. The van der Waals surface area contributed by atoms with Crippen molar-refractivity contribution >= 4 is 33.3 Å². The van der Waals surface area contributed by atoms with Gasteiger partial charge in [-0.1, -0.05) is 37.3 Å². The van der Waals surface area contributed by atoms with Crippen molar-refractivity contribution in [3.8, 4) is 5.75 Å². The van der Waals surface area contributed by atoms with Gasteiger partial charge in [-0.3, -0.25) is 14.5 Å². The summed E-state index contributed by atoms with van der Waals surface area (Å²) in [6.45, 7) is 8.12. The third kappa shape index (κ3) is 3.58. The first kappa shape index (κ1) is 22.3. The van der Waals surface area contributed by atoms with Gasteiger partial charge in [-0.05, 0) is 60.7 Å². The Morgan fingerprint density at radius 1 is 1.12 bits per heavy atom. The summed E-state index contributed by atoms with van der Waals surface area (Å²) in [5.74, 6) is 0.690. The highest BCUT2D eigenvalue weighted by Gasteiger charge is 2.45. The Balaban J connectivity index is 1.76. The molecule has 0 unspecified atom stereocenters. The molecule has 2 aromatic carbocycles. The Hall–Kier alpha value is -3.52. The number of rotatable bonds is 5. The first-order valence-corrected chi connectivity index (χ1v) is 12.0. The largest absolute Gasteiger partial charge is 0.497 e. The van der Waals surface area contributed by atoms with E-state index < -0.39 is 11.9 Å². The zero-order valence-electron chi connectivity index (χ0n) is 19.7. The minimum atomic E-state index is -0.695. The average Bonchev–Trinajstić information content (AvgIpc) is 3.37. The number of hydrogen-bond donors (Lipinski definition) is 0. The molecular weight excluding hydrogens is 450 g/mol. The van der Waals surface area contributed by atoms with Crippen molar-refractivity contribution in [2.45, 2.75) is 40.2 Å². The van der Waals surface area contributed by atoms with Gasteiger partial charge in [0.15, 0.2) is 5.43 Å². The Kier molecular flexibility index (Phi) is 5.48. The summed E-state index contributed by atoms with van der Waals surface area (Å²) >= 11 is 1.36. The van der Waals surface area contributed by atoms with Crippen LogP contribution in [0.2, 0.25) is 0 Å². The molecule has 1 aliphatic heterocycles. The number of methoxy groups -OCH3 is 1. The highest BCUT2D eigenvalue weighted by atomic mass is 32.1. The lowest BCUT2D eigenvalue weighted by Crippen LogP contribution is -2.29. The lowest BCUT2D eigenvalue weighted by Gasteiger charge is -2.22. The molecule has 3 heterocycles. The smallest absolute Gasteiger partial charge is 0.297 e. The van der Waals surface area contributed by atoms with E-state index in [9.17, 15) is 9.59 Å². The van der Waals surface area contributed by atoms with Crippen LogP contribution in [-0.2, 0) is 6.42 Å². The summed E-state index contributed by atoms with van der Waals surface area (Å²) in [6, 6.07) is 10.3. The summed E-state index contributed by atoms with van der Waals surface area (Å²) < 4.78 is 11.5. The molecule has 34 heavy (non-hydrogen) atoms. The summed E-state index contributed by atoms with van der Waals surface area (Å²) in [6.07, 6.45) is 0.760. The second-order valence-corrected chi connectivity index (χ2v) is 10.1. The molecule has 1 atom stereocenters. The molecule has 8 heteroatoms. The third-order valence-corrected chi connectivity index (χ3v) is 7.09. The molecule has 4 aromatic rings. The molecule has 1 amide bonds. The number of aryl methyl sites for hydroxylation is 2. The zero-order valence-corrected chi connectivity index (χ0v) is 20.5. The van der Waals surface area contributed by atoms with E-state index in [0.29, 0.717) is 33.3 Å².